The fourth-order valence-corrected chi connectivity index (χ4v) is 1.83. The lowest BCUT2D eigenvalue weighted by molar-refractivity contribution is -0.291. The fraction of sp³-hybridized carbons (Fsp3) is 1.00. The van der Waals surface area contributed by atoms with Crippen molar-refractivity contribution < 1.29 is 43.7 Å². The summed E-state index contributed by atoms with van der Waals surface area (Å²) in [5.41, 5.74) is 0. The molecule has 0 aromatic rings. The Morgan fingerprint density at radius 1 is 1.24 bits per heavy atom. The van der Waals surface area contributed by atoms with Crippen LogP contribution in [-0.4, -0.2) is 69.5 Å². The van der Waals surface area contributed by atoms with Gasteiger partial charge in [-0.2, -0.15) is 0 Å². The van der Waals surface area contributed by atoms with Crippen LogP contribution in [0.1, 0.15) is 0 Å². The highest BCUT2D eigenvalue weighted by Gasteiger charge is 2.44. The van der Waals surface area contributed by atoms with Crippen molar-refractivity contribution in [1.29, 1.82) is 0 Å². The average Bonchev–Trinajstić information content (AvgIpc) is 2.21. The highest BCUT2D eigenvalue weighted by molar-refractivity contribution is 7.46. The summed E-state index contributed by atoms with van der Waals surface area (Å²) in [6.45, 7) is -0.671. The highest BCUT2D eigenvalue weighted by atomic mass is 31.2. The van der Waals surface area contributed by atoms with Crippen molar-refractivity contribution >= 4 is 7.82 Å². The zero-order valence-electron chi connectivity index (χ0n) is 8.91. The van der Waals surface area contributed by atoms with E-state index < -0.39 is 45.1 Å². The number of phosphoric ester groups is 1. The van der Waals surface area contributed by atoms with Crippen LogP contribution >= 0.6 is 7.82 Å². The minimum Gasteiger partial charge on any atom is -0.387 e. The van der Waals surface area contributed by atoms with Crippen LogP contribution in [0.5, 0.6) is 0 Å². The topological polar surface area (TPSA) is 146 Å². The number of phosphoric acid groups is 1. The van der Waals surface area contributed by atoms with Crippen LogP contribution in [0.4, 0.5) is 0 Å². The molecule has 17 heavy (non-hydrogen) atoms. The third-order valence-electron chi connectivity index (χ3n) is 2.34. The number of ether oxygens (including phenoxy) is 2. The Kier molecular flexibility index (Phi) is 5.02. The molecular formula is C7H15O9P. The minimum absolute atomic E-state index is 0.671. The Hall–Kier alpha value is -0.0900. The van der Waals surface area contributed by atoms with E-state index in [1.807, 2.05) is 0 Å². The lowest BCUT2D eigenvalue weighted by Gasteiger charge is -2.39. The Morgan fingerprint density at radius 2 is 1.82 bits per heavy atom. The summed E-state index contributed by atoms with van der Waals surface area (Å²) in [5, 5.41) is 28.5. The number of aliphatic hydroxyl groups excluding tert-OH is 3. The van der Waals surface area contributed by atoms with Crippen molar-refractivity contribution in [2.45, 2.75) is 30.7 Å². The fourth-order valence-electron chi connectivity index (χ4n) is 1.48. The van der Waals surface area contributed by atoms with Crippen molar-refractivity contribution in [3.05, 3.63) is 0 Å². The second kappa shape index (κ2) is 5.70. The first kappa shape index (κ1) is 15.0. The molecule has 10 heteroatoms. The second-order valence-corrected chi connectivity index (χ2v) is 4.77. The molecule has 5 atom stereocenters. The maximum atomic E-state index is 10.4. The third kappa shape index (κ3) is 3.95. The standard InChI is InChI=1S/C7H15O9P/c1-14-6-5(9)4(8)3(16-7(6)10)2-15-17(11,12)13/h3-10H,2H2,1H3,(H2,11,12,13)/t3-,4-,5+,6+,7+/m1/s1. The SMILES string of the molecule is CO[C@H]1[C@@H](O)[C@H](O)[C@@H](COP(=O)(O)O)O[C@@H]1O. The molecule has 1 rings (SSSR count). The largest absolute Gasteiger partial charge is 0.469 e. The van der Waals surface area contributed by atoms with E-state index in [1.165, 1.54) is 7.11 Å². The molecule has 0 aromatic heterocycles. The summed E-state index contributed by atoms with van der Waals surface area (Å²) in [4.78, 5) is 16.9. The van der Waals surface area contributed by atoms with E-state index in [1.54, 1.807) is 0 Å². The van der Waals surface area contributed by atoms with E-state index in [-0.39, 0.29) is 0 Å². The number of hydrogen-bond donors (Lipinski definition) is 5. The maximum absolute atomic E-state index is 10.4. The Balaban J connectivity index is 2.61. The van der Waals surface area contributed by atoms with Gasteiger partial charge in [-0.15, -0.1) is 0 Å². The van der Waals surface area contributed by atoms with Crippen molar-refractivity contribution in [1.82, 2.24) is 0 Å². The summed E-state index contributed by atoms with van der Waals surface area (Å²) >= 11 is 0. The van der Waals surface area contributed by atoms with Gasteiger partial charge in [-0.05, 0) is 0 Å². The summed E-state index contributed by atoms with van der Waals surface area (Å²) in [7, 11) is -3.50. The number of aliphatic hydroxyl groups is 3. The lowest BCUT2D eigenvalue weighted by Crippen LogP contribution is -2.59. The molecule has 0 aromatic carbocycles. The first-order valence-corrected chi connectivity index (χ1v) is 6.22. The van der Waals surface area contributed by atoms with E-state index in [0.717, 1.165) is 0 Å². The monoisotopic (exact) mass is 274 g/mol. The normalized spacial score (nSPS) is 39.3. The van der Waals surface area contributed by atoms with Gasteiger partial charge in [0, 0.05) is 7.11 Å². The van der Waals surface area contributed by atoms with E-state index in [9.17, 15) is 19.9 Å². The summed E-state index contributed by atoms with van der Waals surface area (Å²) in [6.07, 6.45) is -6.87. The van der Waals surface area contributed by atoms with E-state index in [4.69, 9.17) is 19.3 Å². The van der Waals surface area contributed by atoms with Gasteiger partial charge < -0.3 is 34.6 Å². The number of methoxy groups -OCH3 is 1. The molecule has 5 N–H and O–H groups in total. The Bertz CT molecular complexity index is 291. The van der Waals surface area contributed by atoms with Gasteiger partial charge in [0.05, 0.1) is 6.61 Å². The number of hydrogen-bond acceptors (Lipinski definition) is 7. The Labute approximate surface area is 96.8 Å². The first-order valence-electron chi connectivity index (χ1n) is 4.69. The molecule has 0 saturated carbocycles. The summed E-state index contributed by atoms with van der Waals surface area (Å²) in [6, 6.07) is 0. The summed E-state index contributed by atoms with van der Waals surface area (Å²) < 4.78 is 24.1. The molecule has 0 unspecified atom stereocenters. The molecule has 1 aliphatic rings. The van der Waals surface area contributed by atoms with Crippen molar-refractivity contribution in [2.24, 2.45) is 0 Å². The van der Waals surface area contributed by atoms with Crippen LogP contribution < -0.4 is 0 Å². The van der Waals surface area contributed by atoms with Crippen LogP contribution in [0.15, 0.2) is 0 Å². The molecule has 1 saturated heterocycles. The van der Waals surface area contributed by atoms with Gasteiger partial charge >= 0.3 is 7.82 Å². The van der Waals surface area contributed by atoms with Crippen molar-refractivity contribution in [3.63, 3.8) is 0 Å². The van der Waals surface area contributed by atoms with Gasteiger partial charge in [0.1, 0.15) is 24.4 Å². The molecule has 0 bridgehead atoms. The van der Waals surface area contributed by atoms with Crippen LogP contribution in [0.3, 0.4) is 0 Å². The molecule has 1 fully saturated rings. The maximum Gasteiger partial charge on any atom is 0.469 e. The van der Waals surface area contributed by atoms with Gasteiger partial charge in [-0.25, -0.2) is 4.57 Å². The molecule has 0 radical (unpaired) electrons. The zero-order valence-corrected chi connectivity index (χ0v) is 9.80. The van der Waals surface area contributed by atoms with Crippen molar-refractivity contribution in [3.8, 4) is 0 Å². The molecule has 0 aliphatic carbocycles. The highest BCUT2D eigenvalue weighted by Crippen LogP contribution is 2.36. The van der Waals surface area contributed by atoms with Crippen LogP contribution in [0.25, 0.3) is 0 Å². The van der Waals surface area contributed by atoms with Gasteiger partial charge in [-0.1, -0.05) is 0 Å². The zero-order chi connectivity index (χ0) is 13.2. The van der Waals surface area contributed by atoms with Crippen LogP contribution in [0.2, 0.25) is 0 Å². The first-order chi connectivity index (χ1) is 7.76. The summed E-state index contributed by atoms with van der Waals surface area (Å²) in [5.74, 6) is 0. The molecule has 0 amide bonds. The van der Waals surface area contributed by atoms with Gasteiger partial charge in [0.2, 0.25) is 0 Å². The van der Waals surface area contributed by atoms with E-state index in [0.29, 0.717) is 0 Å². The van der Waals surface area contributed by atoms with Crippen LogP contribution in [-0.2, 0) is 18.6 Å². The smallest absolute Gasteiger partial charge is 0.387 e. The average molecular weight is 274 g/mol. The van der Waals surface area contributed by atoms with Gasteiger partial charge in [0.25, 0.3) is 0 Å². The molecule has 102 valence electrons. The van der Waals surface area contributed by atoms with E-state index >= 15 is 0 Å². The molecule has 0 spiro atoms. The number of rotatable bonds is 4. The van der Waals surface area contributed by atoms with Gasteiger partial charge in [-0.3, -0.25) is 4.52 Å². The second-order valence-electron chi connectivity index (χ2n) is 3.53. The molecule has 1 aliphatic heterocycles. The third-order valence-corrected chi connectivity index (χ3v) is 2.83. The molecular weight excluding hydrogens is 259 g/mol. The molecule has 9 nitrogen and oxygen atoms in total. The Morgan fingerprint density at radius 3 is 2.29 bits per heavy atom. The molecule has 1 heterocycles. The predicted octanol–water partition coefficient (Wildman–Crippen LogP) is -2.45. The van der Waals surface area contributed by atoms with Crippen LogP contribution in [0, 0.1) is 0 Å². The lowest BCUT2D eigenvalue weighted by atomic mass is 9.99. The van der Waals surface area contributed by atoms with E-state index in [2.05, 4.69) is 4.52 Å². The van der Waals surface area contributed by atoms with Crippen molar-refractivity contribution in [2.75, 3.05) is 13.7 Å². The van der Waals surface area contributed by atoms with Gasteiger partial charge in [0.15, 0.2) is 6.29 Å². The quantitative estimate of drug-likeness (QED) is 0.352. The predicted molar refractivity (Wildman–Crippen MR) is 51.7 cm³/mol. The minimum atomic E-state index is -4.71.